The third-order valence-corrected chi connectivity index (χ3v) is 5.99. The zero-order valence-electron chi connectivity index (χ0n) is 13.5. The number of alkyl halides is 1. The smallest absolute Gasteiger partial charge is 0.392 e. The molecule has 160 valence electrons. The number of H-pyrrole nitrogens is 1. The minimum atomic E-state index is -5.47. The van der Waals surface area contributed by atoms with E-state index in [0.717, 1.165) is 6.20 Å². The number of nitrogens with zero attached hydrogens (tertiary/aromatic N) is 1. The van der Waals surface area contributed by atoms with Gasteiger partial charge in [0.15, 0.2) is 6.23 Å². The van der Waals surface area contributed by atoms with Gasteiger partial charge in [0.1, 0.15) is 23.5 Å². The number of phosphoric acid groups is 2. The molecule has 1 saturated heterocycles. The van der Waals surface area contributed by atoms with Crippen LogP contribution in [0.2, 0.25) is 0 Å². The van der Waals surface area contributed by atoms with Crippen LogP contribution in [0.3, 0.4) is 0 Å². The van der Waals surface area contributed by atoms with Crippen molar-refractivity contribution in [2.24, 2.45) is 0 Å². The van der Waals surface area contributed by atoms with Gasteiger partial charge in [-0.2, -0.15) is 4.31 Å². The lowest BCUT2D eigenvalue weighted by Crippen LogP contribution is -2.43. The van der Waals surface area contributed by atoms with E-state index in [1.807, 2.05) is 0 Å². The quantitative estimate of drug-likeness (QED) is 0.180. The molecule has 1 unspecified atom stereocenters. The molecule has 18 heteroatoms. The van der Waals surface area contributed by atoms with Crippen molar-refractivity contribution in [2.45, 2.75) is 30.9 Å². The molecule has 7 N–H and O–H groups in total. The average Bonchev–Trinajstić information content (AvgIpc) is 2.76. The van der Waals surface area contributed by atoms with Crippen LogP contribution in [0.15, 0.2) is 11.0 Å². The van der Waals surface area contributed by atoms with E-state index in [1.54, 1.807) is 0 Å². The predicted octanol–water partition coefficient (Wildman–Crippen LogP) is -1.46. The predicted molar refractivity (Wildman–Crippen MR) is 86.7 cm³/mol. The van der Waals surface area contributed by atoms with Gasteiger partial charge in [0, 0.05) is 11.8 Å². The molecule has 0 spiro atoms. The van der Waals surface area contributed by atoms with Crippen LogP contribution in [-0.4, -0.2) is 64.2 Å². The van der Waals surface area contributed by atoms with Gasteiger partial charge in [-0.15, -0.1) is 0 Å². The normalized spacial score (nSPS) is 30.3. The number of nitrogens with one attached hydrogen (secondary N) is 1. The molecule has 0 bridgehead atoms. The van der Waals surface area contributed by atoms with E-state index >= 15 is 0 Å². The number of phosphoric ester groups is 1. The fourth-order valence-electron chi connectivity index (χ4n) is 2.25. The maximum absolute atomic E-state index is 14.8. The van der Waals surface area contributed by atoms with Gasteiger partial charge >= 0.3 is 21.3 Å². The Bertz CT molecular complexity index is 947. The second-order valence-corrected chi connectivity index (χ2v) is 8.76. The molecule has 1 fully saturated rings. The largest absolute Gasteiger partial charge is 0.481 e. The first-order valence-corrected chi connectivity index (χ1v) is 10.5. The molecule has 0 aliphatic carbocycles. The number of ether oxygens (including phenoxy) is 1. The van der Waals surface area contributed by atoms with Crippen LogP contribution in [0.4, 0.5) is 4.39 Å². The molecule has 2 heterocycles. The molecule has 1 aromatic heterocycles. The van der Waals surface area contributed by atoms with E-state index in [0.29, 0.717) is 4.57 Å². The van der Waals surface area contributed by atoms with Gasteiger partial charge in [0.2, 0.25) is 0 Å². The fourth-order valence-corrected chi connectivity index (χ4v) is 4.06. The van der Waals surface area contributed by atoms with Crippen molar-refractivity contribution in [3.63, 3.8) is 0 Å². The first-order chi connectivity index (χ1) is 12.7. The number of hydrogen-bond donors (Lipinski definition) is 7. The van der Waals surface area contributed by atoms with Gasteiger partial charge in [-0.05, 0) is 0 Å². The monoisotopic (exact) mass is 468 g/mol. The van der Waals surface area contributed by atoms with E-state index in [9.17, 15) is 33.6 Å². The Balaban J connectivity index is 2.26. The summed E-state index contributed by atoms with van der Waals surface area (Å²) in [4.78, 5) is 40.2. The molecular weight excluding hydrogens is 453 g/mol. The second kappa shape index (κ2) is 8.10. The highest BCUT2D eigenvalue weighted by atomic mass is 32.1. The zero-order valence-corrected chi connectivity index (χ0v) is 16.1. The third-order valence-electron chi connectivity index (χ3n) is 3.49. The number of aliphatic hydroxyl groups excluding tert-OH is 3. The first kappa shape index (κ1) is 23.4. The van der Waals surface area contributed by atoms with Crippen molar-refractivity contribution < 1.29 is 57.1 Å². The van der Waals surface area contributed by atoms with Crippen molar-refractivity contribution in [3.8, 4) is 0 Å². The zero-order chi connectivity index (χ0) is 21.5. The Morgan fingerprint density at radius 3 is 2.50 bits per heavy atom. The number of halogens is 1. The van der Waals surface area contributed by atoms with E-state index in [2.05, 4.69) is 13.8 Å². The van der Waals surface area contributed by atoms with Crippen molar-refractivity contribution in [1.82, 2.24) is 9.55 Å². The van der Waals surface area contributed by atoms with Gasteiger partial charge in [0.25, 0.3) is 5.85 Å². The Hall–Kier alpha value is -0.870. The summed E-state index contributed by atoms with van der Waals surface area (Å²) in [7, 11) is -10.9. The molecule has 1 aromatic rings. The molecule has 0 aromatic carbocycles. The number of aromatic nitrogens is 2. The lowest BCUT2D eigenvalue weighted by atomic mass is 10.1. The Labute approximate surface area is 159 Å². The number of rotatable bonds is 7. The lowest BCUT2D eigenvalue weighted by molar-refractivity contribution is -0.205. The molecule has 0 radical (unpaired) electrons. The summed E-state index contributed by atoms with van der Waals surface area (Å²) >= 11 is 4.78. The molecule has 5 atom stereocenters. The molecule has 1 aliphatic heterocycles. The number of aliphatic hydroxyl groups is 3. The van der Waals surface area contributed by atoms with Gasteiger partial charge in [-0.25, -0.2) is 18.3 Å². The number of hydrogen-bond acceptors (Lipinski definition) is 10. The van der Waals surface area contributed by atoms with Crippen LogP contribution in [0.25, 0.3) is 0 Å². The molecule has 0 amide bonds. The van der Waals surface area contributed by atoms with Crippen molar-refractivity contribution in [3.05, 3.63) is 26.9 Å². The highest BCUT2D eigenvalue weighted by Gasteiger charge is 2.57. The maximum atomic E-state index is 14.8. The molecular formula is C10H15FN2O12P2S. The Kier molecular flexibility index (Phi) is 6.77. The summed E-state index contributed by atoms with van der Waals surface area (Å²) in [6.45, 7) is -2.24. The summed E-state index contributed by atoms with van der Waals surface area (Å²) in [5.74, 6) is -3.38. The van der Waals surface area contributed by atoms with E-state index < -0.39 is 58.8 Å². The lowest BCUT2D eigenvalue weighted by Gasteiger charge is -2.24. The van der Waals surface area contributed by atoms with Gasteiger partial charge in [-0.1, -0.05) is 12.2 Å². The highest BCUT2D eigenvalue weighted by Crippen LogP contribution is 2.58. The molecule has 28 heavy (non-hydrogen) atoms. The molecule has 0 saturated carbocycles. The second-order valence-electron chi connectivity index (χ2n) is 5.52. The van der Waals surface area contributed by atoms with Gasteiger partial charge in [0.05, 0.1) is 6.61 Å². The third kappa shape index (κ3) is 5.18. The van der Waals surface area contributed by atoms with Crippen LogP contribution in [0.1, 0.15) is 11.8 Å². The summed E-state index contributed by atoms with van der Waals surface area (Å²) in [6, 6.07) is 0. The highest BCUT2D eigenvalue weighted by molar-refractivity contribution is 7.71. The van der Waals surface area contributed by atoms with E-state index in [4.69, 9.17) is 31.6 Å². The van der Waals surface area contributed by atoms with Gasteiger partial charge < -0.3 is 34.7 Å². The summed E-state index contributed by atoms with van der Waals surface area (Å²) in [5.41, 5.74) is -0.997. The van der Waals surface area contributed by atoms with E-state index in [1.165, 1.54) is 0 Å². The van der Waals surface area contributed by atoms with Crippen molar-refractivity contribution in [1.29, 1.82) is 0 Å². The fraction of sp³-hybridized carbons (Fsp3) is 0.600. The molecule has 14 nitrogen and oxygen atoms in total. The summed E-state index contributed by atoms with van der Waals surface area (Å²) in [6.07, 6.45) is -5.46. The maximum Gasteiger partial charge on any atom is 0.481 e. The first-order valence-electron chi connectivity index (χ1n) is 7.11. The van der Waals surface area contributed by atoms with E-state index in [-0.39, 0.29) is 10.2 Å². The topological polar surface area (TPSA) is 221 Å². The van der Waals surface area contributed by atoms with Crippen LogP contribution in [-0.2, 0) is 29.3 Å². The summed E-state index contributed by atoms with van der Waals surface area (Å²) < 4.78 is 49.5. The van der Waals surface area contributed by atoms with Crippen LogP contribution in [0.5, 0.6) is 0 Å². The van der Waals surface area contributed by atoms with Crippen LogP contribution >= 0.6 is 27.9 Å². The van der Waals surface area contributed by atoms with Crippen molar-refractivity contribution in [2.75, 3.05) is 6.61 Å². The molecule has 2 rings (SSSR count). The van der Waals surface area contributed by atoms with Crippen molar-refractivity contribution >= 4 is 27.9 Å². The average molecular weight is 468 g/mol. The standard InChI is InChI=1S/C10H15FN2O12P2S/c11-10(3-23-27(21,22)25-26(18,19)20)6(16)5(15)8(24-10)13-1-4(2-14)7(28)12-9(13)17/h1,5-6,8,14-16H,2-3H2,(H,21,22)(H,12,17,28)(H2,18,19,20)/t5-,6+,8-,10-/m1/s1. The summed E-state index contributed by atoms with van der Waals surface area (Å²) in [5, 5.41) is 29.0. The Morgan fingerprint density at radius 1 is 1.36 bits per heavy atom. The van der Waals surface area contributed by atoms with Crippen LogP contribution < -0.4 is 5.69 Å². The SMILES string of the molecule is O=c1[nH]c(=S)c(CO)cn1[C@@H]1O[C@](F)(COP(=O)(O)OP(=O)(O)O)[C@@H](O)[C@H]1O. The molecule has 1 aliphatic rings. The Morgan fingerprint density at radius 2 is 1.96 bits per heavy atom. The van der Waals surface area contributed by atoms with Crippen LogP contribution in [0, 0.1) is 4.64 Å². The number of aromatic amines is 1. The minimum Gasteiger partial charge on any atom is -0.392 e. The van der Waals surface area contributed by atoms with Gasteiger partial charge in [-0.3, -0.25) is 14.1 Å². The minimum absolute atomic E-state index is 0.00222.